The summed E-state index contributed by atoms with van der Waals surface area (Å²) in [5, 5.41) is 2.59. The molecule has 0 heterocycles. The van der Waals surface area contributed by atoms with E-state index in [0.29, 0.717) is 11.1 Å². The predicted molar refractivity (Wildman–Crippen MR) is 110 cm³/mol. The highest BCUT2D eigenvalue weighted by Crippen LogP contribution is 2.24. The minimum atomic E-state index is -3.28. The Balaban J connectivity index is 3.17. The van der Waals surface area contributed by atoms with E-state index < -0.39 is 27.8 Å². The van der Waals surface area contributed by atoms with Crippen molar-refractivity contribution >= 4 is 43.2 Å². The number of carbonyl (C=O) groups is 2. The van der Waals surface area contributed by atoms with Crippen LogP contribution in [0.5, 0.6) is 0 Å². The molecular formula is C19H24BrNO5S. The molecule has 1 rings (SSSR count). The van der Waals surface area contributed by atoms with Gasteiger partial charge in [0.05, 0.1) is 12.9 Å². The van der Waals surface area contributed by atoms with Crippen LogP contribution in [-0.4, -0.2) is 45.5 Å². The van der Waals surface area contributed by atoms with E-state index in [9.17, 15) is 18.0 Å². The molecule has 0 unspecified atom stereocenters. The number of allylic oxidation sites excluding steroid dienone is 4. The van der Waals surface area contributed by atoms with Gasteiger partial charge in [0.15, 0.2) is 0 Å². The van der Waals surface area contributed by atoms with Crippen LogP contribution in [0, 0.1) is 0 Å². The fraction of sp³-hybridized carbons (Fsp3) is 0.368. The van der Waals surface area contributed by atoms with E-state index in [1.807, 2.05) is 38.1 Å². The van der Waals surface area contributed by atoms with Gasteiger partial charge in [-0.15, -0.1) is 0 Å². The van der Waals surface area contributed by atoms with Crippen molar-refractivity contribution < 1.29 is 22.7 Å². The number of benzene rings is 1. The topological polar surface area (TPSA) is 89.5 Å². The number of ether oxygens (including phenoxy) is 1. The smallest absolute Gasteiger partial charge is 0.328 e. The number of esters is 1. The third kappa shape index (κ3) is 7.68. The number of sulfone groups is 1. The van der Waals surface area contributed by atoms with Crippen LogP contribution >= 0.6 is 15.9 Å². The van der Waals surface area contributed by atoms with Gasteiger partial charge in [-0.2, -0.15) is 0 Å². The molecule has 1 amide bonds. The molecule has 1 aromatic rings. The van der Waals surface area contributed by atoms with Crippen molar-refractivity contribution in [1.29, 1.82) is 0 Å². The molecule has 0 bridgehead atoms. The van der Waals surface area contributed by atoms with Crippen LogP contribution in [-0.2, 0) is 19.4 Å². The van der Waals surface area contributed by atoms with Crippen molar-refractivity contribution in [1.82, 2.24) is 5.32 Å². The largest absolute Gasteiger partial charge is 0.467 e. The first-order valence-corrected chi connectivity index (χ1v) is 11.1. The Kier molecular flexibility index (Phi) is 8.92. The Morgan fingerprint density at radius 3 is 2.52 bits per heavy atom. The van der Waals surface area contributed by atoms with Crippen LogP contribution < -0.4 is 5.32 Å². The van der Waals surface area contributed by atoms with Crippen molar-refractivity contribution in [2.24, 2.45) is 0 Å². The average molecular weight is 458 g/mol. The van der Waals surface area contributed by atoms with Gasteiger partial charge in [-0.25, -0.2) is 13.2 Å². The Hall–Kier alpha value is -1.93. The summed E-state index contributed by atoms with van der Waals surface area (Å²) in [4.78, 5) is 24.7. The molecule has 0 saturated carbocycles. The summed E-state index contributed by atoms with van der Waals surface area (Å²) in [6, 6.07) is 4.14. The number of halogens is 1. The lowest BCUT2D eigenvalue weighted by atomic mass is 9.99. The summed E-state index contributed by atoms with van der Waals surface area (Å²) in [6.45, 7) is 3.76. The second-order valence-electron chi connectivity index (χ2n) is 6.03. The lowest BCUT2D eigenvalue weighted by Crippen LogP contribution is -2.42. The number of carbonyl (C=O) groups excluding carboxylic acids is 2. The van der Waals surface area contributed by atoms with Crippen molar-refractivity contribution in [2.75, 3.05) is 19.1 Å². The van der Waals surface area contributed by atoms with Gasteiger partial charge in [-0.3, -0.25) is 4.79 Å². The molecule has 8 heteroatoms. The fourth-order valence-corrected chi connectivity index (χ4v) is 3.36. The first kappa shape index (κ1) is 23.1. The summed E-state index contributed by atoms with van der Waals surface area (Å²) in [5.74, 6) is -1.40. The number of nitrogens with one attached hydrogen (secondary N) is 1. The molecule has 148 valence electrons. The Bertz CT molecular complexity index is 859. The summed E-state index contributed by atoms with van der Waals surface area (Å²) in [5.41, 5.74) is 1.95. The van der Waals surface area contributed by atoms with Gasteiger partial charge in [-0.05, 0) is 49.6 Å². The second kappa shape index (κ2) is 10.4. The minimum Gasteiger partial charge on any atom is -0.467 e. The van der Waals surface area contributed by atoms with Crippen LogP contribution in [0.15, 0.2) is 40.9 Å². The third-order valence-electron chi connectivity index (χ3n) is 3.76. The molecule has 0 aliphatic heterocycles. The zero-order valence-corrected chi connectivity index (χ0v) is 18.2. The predicted octanol–water partition coefficient (Wildman–Crippen LogP) is 3.13. The van der Waals surface area contributed by atoms with Gasteiger partial charge >= 0.3 is 5.97 Å². The fourth-order valence-electron chi connectivity index (χ4n) is 2.33. The molecular weight excluding hydrogens is 434 g/mol. The Morgan fingerprint density at radius 2 is 1.96 bits per heavy atom. The molecule has 0 radical (unpaired) electrons. The van der Waals surface area contributed by atoms with Gasteiger partial charge in [0.25, 0.3) is 5.91 Å². The van der Waals surface area contributed by atoms with Crippen LogP contribution in [0.25, 0.3) is 5.57 Å². The molecule has 1 N–H and O–H groups in total. The number of methoxy groups -OCH3 is 1. The van der Waals surface area contributed by atoms with Crippen molar-refractivity contribution in [2.45, 2.75) is 26.3 Å². The quantitative estimate of drug-likeness (QED) is 0.478. The molecule has 0 saturated heterocycles. The van der Waals surface area contributed by atoms with Gasteiger partial charge < -0.3 is 10.1 Å². The molecule has 0 aliphatic carbocycles. The maximum atomic E-state index is 12.8. The number of amides is 1. The summed E-state index contributed by atoms with van der Waals surface area (Å²) in [7, 11) is -2.09. The molecule has 1 aromatic carbocycles. The maximum absolute atomic E-state index is 12.8. The summed E-state index contributed by atoms with van der Waals surface area (Å²) < 4.78 is 28.3. The van der Waals surface area contributed by atoms with Gasteiger partial charge in [0.1, 0.15) is 15.9 Å². The SMILES string of the molecule is C/C=C\C=C(/C)c1cc(Br)ccc1C(=O)N[C@@H](CCS(C)(=O)=O)C(=O)OC. The first-order valence-electron chi connectivity index (χ1n) is 8.25. The zero-order valence-electron chi connectivity index (χ0n) is 15.8. The maximum Gasteiger partial charge on any atom is 0.328 e. The van der Waals surface area contributed by atoms with Crippen LogP contribution in [0.1, 0.15) is 36.2 Å². The van der Waals surface area contributed by atoms with Crippen molar-refractivity contribution in [3.05, 3.63) is 52.0 Å². The normalized spacial score (nSPS) is 13.4. The molecule has 1 atom stereocenters. The highest BCUT2D eigenvalue weighted by Gasteiger charge is 2.24. The molecule has 0 aliphatic rings. The van der Waals surface area contributed by atoms with Gasteiger partial charge in [-0.1, -0.05) is 34.2 Å². The Labute approximate surface area is 168 Å². The summed E-state index contributed by atoms with van der Waals surface area (Å²) in [6.07, 6.45) is 6.63. The molecule has 0 spiro atoms. The van der Waals surface area contributed by atoms with Crippen molar-refractivity contribution in [3.8, 4) is 0 Å². The van der Waals surface area contributed by atoms with E-state index in [0.717, 1.165) is 16.3 Å². The van der Waals surface area contributed by atoms with Crippen LogP contribution in [0.3, 0.4) is 0 Å². The third-order valence-corrected chi connectivity index (χ3v) is 5.23. The lowest BCUT2D eigenvalue weighted by Gasteiger charge is -2.18. The van der Waals surface area contributed by atoms with Gasteiger partial charge in [0.2, 0.25) is 0 Å². The molecule has 6 nitrogen and oxygen atoms in total. The number of hydrogen-bond acceptors (Lipinski definition) is 5. The van der Waals surface area contributed by atoms with E-state index in [1.54, 1.807) is 12.1 Å². The standard InChI is InChI=1S/C19H24BrNO5S/c1-5-6-7-13(2)16-12-14(20)8-9-15(16)18(22)21-17(19(23)26-3)10-11-27(4,24)25/h5-9,12,17H,10-11H2,1-4H3,(H,21,22)/b6-5-,13-7+/t17-/m0/s1. The molecule has 0 aromatic heterocycles. The van der Waals surface area contributed by atoms with E-state index in [1.165, 1.54) is 7.11 Å². The average Bonchev–Trinajstić information content (AvgIpc) is 2.61. The molecule has 27 heavy (non-hydrogen) atoms. The second-order valence-corrected chi connectivity index (χ2v) is 9.21. The molecule has 0 fully saturated rings. The van der Waals surface area contributed by atoms with Crippen LogP contribution in [0.4, 0.5) is 0 Å². The number of hydrogen-bond donors (Lipinski definition) is 1. The van der Waals surface area contributed by atoms with E-state index in [4.69, 9.17) is 0 Å². The van der Waals surface area contributed by atoms with E-state index >= 15 is 0 Å². The highest BCUT2D eigenvalue weighted by molar-refractivity contribution is 9.10. The first-order chi connectivity index (χ1) is 12.6. The Morgan fingerprint density at radius 1 is 1.30 bits per heavy atom. The summed E-state index contributed by atoms with van der Waals surface area (Å²) >= 11 is 3.40. The monoisotopic (exact) mass is 457 g/mol. The van der Waals surface area contributed by atoms with E-state index in [-0.39, 0.29) is 12.2 Å². The van der Waals surface area contributed by atoms with Crippen molar-refractivity contribution in [3.63, 3.8) is 0 Å². The van der Waals surface area contributed by atoms with Gasteiger partial charge in [0, 0.05) is 16.3 Å². The number of rotatable bonds is 8. The van der Waals surface area contributed by atoms with E-state index in [2.05, 4.69) is 26.0 Å². The zero-order chi connectivity index (χ0) is 20.6. The highest BCUT2D eigenvalue weighted by atomic mass is 79.9. The van der Waals surface area contributed by atoms with Crippen LogP contribution in [0.2, 0.25) is 0 Å². The minimum absolute atomic E-state index is 0.0590. The lowest BCUT2D eigenvalue weighted by molar-refractivity contribution is -0.142.